The Balaban J connectivity index is 1.58. The second-order valence-corrected chi connectivity index (χ2v) is 7.12. The van der Waals surface area contributed by atoms with Crippen molar-refractivity contribution in [3.63, 3.8) is 0 Å². The van der Waals surface area contributed by atoms with Gasteiger partial charge < -0.3 is 15.1 Å². The lowest BCUT2D eigenvalue weighted by Gasteiger charge is -2.36. The zero-order chi connectivity index (χ0) is 20.3. The summed E-state index contributed by atoms with van der Waals surface area (Å²) in [6.45, 7) is 3.65. The highest BCUT2D eigenvalue weighted by Gasteiger charge is 2.31. The average molecular weight is 412 g/mol. The molecule has 4 nitrogen and oxygen atoms in total. The van der Waals surface area contributed by atoms with Gasteiger partial charge in [0, 0.05) is 36.9 Å². The zero-order valence-electron chi connectivity index (χ0n) is 15.3. The summed E-state index contributed by atoms with van der Waals surface area (Å²) in [7, 11) is 0. The molecule has 1 saturated heterocycles. The van der Waals surface area contributed by atoms with Gasteiger partial charge in [-0.05, 0) is 36.8 Å². The number of nitrogens with one attached hydrogen (secondary N) is 1. The molecule has 1 N–H and O–H groups in total. The van der Waals surface area contributed by atoms with Gasteiger partial charge in [0.25, 0.3) is 0 Å². The van der Waals surface area contributed by atoms with Crippen molar-refractivity contribution in [1.82, 2.24) is 10.2 Å². The summed E-state index contributed by atoms with van der Waals surface area (Å²) in [5.74, 6) is 0. The van der Waals surface area contributed by atoms with Gasteiger partial charge in [-0.2, -0.15) is 13.2 Å². The van der Waals surface area contributed by atoms with Crippen LogP contribution in [-0.4, -0.2) is 37.1 Å². The van der Waals surface area contributed by atoms with E-state index in [-0.39, 0.29) is 12.1 Å². The van der Waals surface area contributed by atoms with E-state index < -0.39 is 11.7 Å². The summed E-state index contributed by atoms with van der Waals surface area (Å²) in [5.41, 5.74) is 0.679. The Morgan fingerprint density at radius 3 is 2.39 bits per heavy atom. The fourth-order valence-electron chi connectivity index (χ4n) is 3.23. The molecule has 150 valence electrons. The van der Waals surface area contributed by atoms with Crippen molar-refractivity contribution in [2.75, 3.05) is 31.1 Å². The third kappa shape index (κ3) is 4.70. The number of benzene rings is 2. The molecule has 1 aliphatic heterocycles. The number of amides is 2. The standard InChI is InChI=1S/C20H21ClF3N3O/c1-14(17-7-2-3-8-18(17)21)25-19(28)27-11-9-26(10-12-27)16-6-4-5-15(13-16)20(22,23)24/h2-8,13-14H,9-12H2,1H3,(H,25,28). The van der Waals surface area contributed by atoms with Crippen LogP contribution in [0.4, 0.5) is 23.7 Å². The minimum Gasteiger partial charge on any atom is -0.368 e. The SMILES string of the molecule is CC(NC(=O)N1CCN(c2cccc(C(F)(F)F)c2)CC1)c1ccccc1Cl. The molecule has 1 atom stereocenters. The minimum atomic E-state index is -4.37. The van der Waals surface area contributed by atoms with E-state index in [0.29, 0.717) is 36.9 Å². The Labute approximate surface area is 166 Å². The molecule has 0 saturated carbocycles. The zero-order valence-corrected chi connectivity index (χ0v) is 16.1. The van der Waals surface area contributed by atoms with Crippen LogP contribution < -0.4 is 10.2 Å². The highest BCUT2D eigenvalue weighted by atomic mass is 35.5. The molecule has 8 heteroatoms. The molecule has 1 aliphatic rings. The van der Waals surface area contributed by atoms with Crippen LogP contribution in [0.15, 0.2) is 48.5 Å². The van der Waals surface area contributed by atoms with Gasteiger partial charge in [-0.1, -0.05) is 35.9 Å². The van der Waals surface area contributed by atoms with E-state index in [2.05, 4.69) is 5.32 Å². The lowest BCUT2D eigenvalue weighted by atomic mass is 10.1. The van der Waals surface area contributed by atoms with Crippen LogP contribution in [-0.2, 0) is 6.18 Å². The molecule has 2 amide bonds. The van der Waals surface area contributed by atoms with Gasteiger partial charge in [0.2, 0.25) is 0 Å². The summed E-state index contributed by atoms with van der Waals surface area (Å²) < 4.78 is 38.7. The van der Waals surface area contributed by atoms with E-state index in [9.17, 15) is 18.0 Å². The van der Waals surface area contributed by atoms with E-state index in [1.165, 1.54) is 6.07 Å². The Kier molecular flexibility index (Phi) is 6.03. The van der Waals surface area contributed by atoms with Crippen molar-refractivity contribution in [3.8, 4) is 0 Å². The first-order valence-electron chi connectivity index (χ1n) is 8.98. The third-order valence-electron chi connectivity index (χ3n) is 4.82. The molecule has 0 radical (unpaired) electrons. The van der Waals surface area contributed by atoms with Crippen molar-refractivity contribution in [1.29, 1.82) is 0 Å². The molecule has 2 aromatic rings. The number of urea groups is 1. The highest BCUT2D eigenvalue weighted by Crippen LogP contribution is 2.32. The quantitative estimate of drug-likeness (QED) is 0.775. The molecule has 2 aromatic carbocycles. The first-order valence-corrected chi connectivity index (χ1v) is 9.35. The van der Waals surface area contributed by atoms with E-state index in [0.717, 1.165) is 17.7 Å². The lowest BCUT2D eigenvalue weighted by molar-refractivity contribution is -0.137. The van der Waals surface area contributed by atoms with E-state index in [1.54, 1.807) is 17.0 Å². The fraction of sp³-hybridized carbons (Fsp3) is 0.350. The Hall–Kier alpha value is -2.41. The molecular formula is C20H21ClF3N3O. The van der Waals surface area contributed by atoms with E-state index in [4.69, 9.17) is 11.6 Å². The van der Waals surface area contributed by atoms with Gasteiger partial charge in [-0.25, -0.2) is 4.79 Å². The second kappa shape index (κ2) is 8.31. The third-order valence-corrected chi connectivity index (χ3v) is 5.16. The predicted molar refractivity (Wildman–Crippen MR) is 104 cm³/mol. The molecule has 1 heterocycles. The second-order valence-electron chi connectivity index (χ2n) is 6.71. The van der Waals surface area contributed by atoms with Gasteiger partial charge in [0.05, 0.1) is 11.6 Å². The molecule has 0 bridgehead atoms. The monoisotopic (exact) mass is 411 g/mol. The maximum atomic E-state index is 12.9. The first kappa shape index (κ1) is 20.3. The number of hydrogen-bond acceptors (Lipinski definition) is 2. The highest BCUT2D eigenvalue weighted by molar-refractivity contribution is 6.31. The number of hydrogen-bond donors (Lipinski definition) is 1. The van der Waals surface area contributed by atoms with Crippen molar-refractivity contribution >= 4 is 23.3 Å². The Bertz CT molecular complexity index is 835. The van der Waals surface area contributed by atoms with Gasteiger partial charge in [-0.3, -0.25) is 0 Å². The van der Waals surface area contributed by atoms with E-state index in [1.807, 2.05) is 30.0 Å². The van der Waals surface area contributed by atoms with Crippen molar-refractivity contribution < 1.29 is 18.0 Å². The van der Waals surface area contributed by atoms with Crippen LogP contribution >= 0.6 is 11.6 Å². The summed E-state index contributed by atoms with van der Waals surface area (Å²) in [6, 6.07) is 12.1. The molecule has 0 spiro atoms. The fourth-order valence-corrected chi connectivity index (χ4v) is 3.53. The van der Waals surface area contributed by atoms with Gasteiger partial charge in [0.15, 0.2) is 0 Å². The number of carbonyl (C=O) groups is 1. The predicted octanol–water partition coefficient (Wildman–Crippen LogP) is 4.95. The number of rotatable bonds is 3. The molecule has 0 aliphatic carbocycles. The van der Waals surface area contributed by atoms with Gasteiger partial charge in [-0.15, -0.1) is 0 Å². The van der Waals surface area contributed by atoms with Crippen molar-refractivity contribution in [3.05, 3.63) is 64.7 Å². The Morgan fingerprint density at radius 2 is 1.75 bits per heavy atom. The average Bonchev–Trinajstić information content (AvgIpc) is 2.68. The van der Waals surface area contributed by atoms with Crippen LogP contribution in [0.5, 0.6) is 0 Å². The summed E-state index contributed by atoms with van der Waals surface area (Å²) in [6.07, 6.45) is -4.37. The molecule has 0 aromatic heterocycles. The number of halogens is 4. The normalized spacial score (nSPS) is 16.0. The molecular weight excluding hydrogens is 391 g/mol. The number of piperazine rings is 1. The molecule has 28 heavy (non-hydrogen) atoms. The summed E-state index contributed by atoms with van der Waals surface area (Å²) >= 11 is 6.17. The van der Waals surface area contributed by atoms with Crippen LogP contribution in [0.3, 0.4) is 0 Å². The molecule has 1 fully saturated rings. The van der Waals surface area contributed by atoms with E-state index >= 15 is 0 Å². The number of alkyl halides is 3. The Morgan fingerprint density at radius 1 is 1.07 bits per heavy atom. The first-order chi connectivity index (χ1) is 13.3. The topological polar surface area (TPSA) is 35.6 Å². The van der Waals surface area contributed by atoms with Crippen LogP contribution in [0, 0.1) is 0 Å². The van der Waals surface area contributed by atoms with Crippen LogP contribution in [0.2, 0.25) is 5.02 Å². The van der Waals surface area contributed by atoms with Gasteiger partial charge in [0.1, 0.15) is 0 Å². The van der Waals surface area contributed by atoms with Crippen LogP contribution in [0.1, 0.15) is 24.1 Å². The van der Waals surface area contributed by atoms with Crippen molar-refractivity contribution in [2.24, 2.45) is 0 Å². The van der Waals surface area contributed by atoms with Crippen LogP contribution in [0.25, 0.3) is 0 Å². The number of nitrogens with zero attached hydrogens (tertiary/aromatic N) is 2. The van der Waals surface area contributed by atoms with Crippen molar-refractivity contribution in [2.45, 2.75) is 19.1 Å². The number of carbonyl (C=O) groups excluding carboxylic acids is 1. The largest absolute Gasteiger partial charge is 0.416 e. The van der Waals surface area contributed by atoms with Gasteiger partial charge >= 0.3 is 12.2 Å². The maximum absolute atomic E-state index is 12.9. The maximum Gasteiger partial charge on any atom is 0.416 e. The lowest BCUT2D eigenvalue weighted by Crippen LogP contribution is -2.52. The number of anilines is 1. The smallest absolute Gasteiger partial charge is 0.368 e. The minimum absolute atomic E-state index is 0.212. The molecule has 1 unspecified atom stereocenters. The molecule has 3 rings (SSSR count). The summed E-state index contributed by atoms with van der Waals surface area (Å²) in [4.78, 5) is 16.0. The summed E-state index contributed by atoms with van der Waals surface area (Å²) in [5, 5.41) is 3.51.